The van der Waals surface area contributed by atoms with Gasteiger partial charge in [-0.1, -0.05) is 24.8 Å². The van der Waals surface area contributed by atoms with Gasteiger partial charge < -0.3 is 5.32 Å². The number of carbonyl (C=O) groups excluding carboxylic acids is 2. The van der Waals surface area contributed by atoms with Gasteiger partial charge in [-0.05, 0) is 23.8 Å². The van der Waals surface area contributed by atoms with E-state index in [9.17, 15) is 14.0 Å². The van der Waals surface area contributed by atoms with Crippen LogP contribution in [0.1, 0.15) is 26.5 Å². The number of carbonyl (C=O) groups is 2. The zero-order valence-electron chi connectivity index (χ0n) is 11.6. The zero-order valence-corrected chi connectivity index (χ0v) is 12.5. The molecule has 1 amide bonds. The van der Waals surface area contributed by atoms with Crippen molar-refractivity contribution >= 4 is 29.4 Å². The van der Waals surface area contributed by atoms with Gasteiger partial charge >= 0.3 is 0 Å². The fraction of sp³-hybridized carbons (Fsp3) is 0.0714. The number of benzene rings is 1. The van der Waals surface area contributed by atoms with Crippen LogP contribution in [0.15, 0.2) is 36.7 Å². The second-order valence-electron chi connectivity index (χ2n) is 4.61. The number of thiol groups is 1. The number of hydrogen-bond donors (Lipinski definition) is 2. The van der Waals surface area contributed by atoms with Crippen molar-refractivity contribution in [3.05, 3.63) is 59.4 Å². The first-order valence-corrected chi connectivity index (χ1v) is 6.96. The van der Waals surface area contributed by atoms with Crippen LogP contribution in [0.25, 0.3) is 5.78 Å². The summed E-state index contributed by atoms with van der Waals surface area (Å²) in [6.45, 7) is 0.197. The summed E-state index contributed by atoms with van der Waals surface area (Å²) >= 11 is 3.75. The Hall–Kier alpha value is -2.81. The molecule has 7 nitrogen and oxygen atoms in total. The number of rotatable bonds is 4. The van der Waals surface area contributed by atoms with Gasteiger partial charge in [0.2, 0.25) is 5.12 Å². The molecule has 23 heavy (non-hydrogen) atoms. The van der Waals surface area contributed by atoms with Crippen molar-refractivity contribution in [1.82, 2.24) is 24.9 Å². The fourth-order valence-corrected chi connectivity index (χ4v) is 2.12. The van der Waals surface area contributed by atoms with E-state index in [4.69, 9.17) is 0 Å². The maximum absolute atomic E-state index is 12.8. The largest absolute Gasteiger partial charge is 0.347 e. The second kappa shape index (κ2) is 6.13. The van der Waals surface area contributed by atoms with Gasteiger partial charge in [0.15, 0.2) is 0 Å². The minimum Gasteiger partial charge on any atom is -0.347 e. The Morgan fingerprint density at radius 2 is 2.00 bits per heavy atom. The van der Waals surface area contributed by atoms with E-state index in [1.165, 1.54) is 29.0 Å². The average molecular weight is 331 g/mol. The molecule has 0 saturated carbocycles. The number of halogens is 1. The van der Waals surface area contributed by atoms with Gasteiger partial charge in [0.05, 0.1) is 0 Å². The highest BCUT2D eigenvalue weighted by Crippen LogP contribution is 2.09. The summed E-state index contributed by atoms with van der Waals surface area (Å²) in [6.07, 6.45) is 1.22. The molecule has 0 saturated heterocycles. The molecular formula is C14H10FN5O2S. The second-order valence-corrected chi connectivity index (χ2v) is 5.02. The Bertz CT molecular complexity index is 894. The third kappa shape index (κ3) is 3.19. The lowest BCUT2D eigenvalue weighted by Gasteiger charge is -2.06. The molecule has 2 heterocycles. The molecule has 0 unspecified atom stereocenters. The monoisotopic (exact) mass is 331 g/mol. The van der Waals surface area contributed by atoms with Crippen molar-refractivity contribution in [1.29, 1.82) is 0 Å². The Morgan fingerprint density at radius 3 is 2.70 bits per heavy atom. The maximum atomic E-state index is 12.8. The standard InChI is InChI=1S/C14H10FN5O2S/c15-9-3-1-8(2-4-9)6-16-12(21)10-5-11(13(22)23)20-14(19-10)17-7-18-20/h1-5,7H,6H2,(H,16,21)(H,22,23). The van der Waals surface area contributed by atoms with Crippen LogP contribution in [0.5, 0.6) is 0 Å². The molecule has 3 aromatic rings. The molecular weight excluding hydrogens is 321 g/mol. The first-order valence-electron chi connectivity index (χ1n) is 6.51. The smallest absolute Gasteiger partial charge is 0.270 e. The maximum Gasteiger partial charge on any atom is 0.270 e. The highest BCUT2D eigenvalue weighted by atomic mass is 32.1. The first-order chi connectivity index (χ1) is 11.0. The summed E-state index contributed by atoms with van der Waals surface area (Å²) in [5.74, 6) is -0.719. The lowest BCUT2D eigenvalue weighted by Crippen LogP contribution is -2.25. The lowest BCUT2D eigenvalue weighted by atomic mass is 10.2. The summed E-state index contributed by atoms with van der Waals surface area (Å²) in [7, 11) is 0. The highest BCUT2D eigenvalue weighted by Gasteiger charge is 2.16. The Morgan fingerprint density at radius 1 is 1.26 bits per heavy atom. The summed E-state index contributed by atoms with van der Waals surface area (Å²) in [6, 6.07) is 7.03. The average Bonchev–Trinajstić information content (AvgIpc) is 3.01. The van der Waals surface area contributed by atoms with E-state index in [1.807, 2.05) is 0 Å². The molecule has 1 N–H and O–H groups in total. The van der Waals surface area contributed by atoms with Crippen LogP contribution in [-0.4, -0.2) is 30.6 Å². The van der Waals surface area contributed by atoms with E-state index >= 15 is 0 Å². The van der Waals surface area contributed by atoms with Gasteiger partial charge in [-0.3, -0.25) is 9.59 Å². The predicted octanol–water partition coefficient (Wildman–Crippen LogP) is 1.26. The van der Waals surface area contributed by atoms with Crippen molar-refractivity contribution in [2.45, 2.75) is 6.54 Å². The molecule has 0 aliphatic rings. The topological polar surface area (TPSA) is 89.2 Å². The summed E-state index contributed by atoms with van der Waals surface area (Å²) in [5.41, 5.74) is 0.835. The first kappa shape index (κ1) is 15.1. The summed E-state index contributed by atoms with van der Waals surface area (Å²) in [5, 5.41) is 5.93. The van der Waals surface area contributed by atoms with E-state index in [2.05, 4.69) is 33.0 Å². The van der Waals surface area contributed by atoms with E-state index in [0.29, 0.717) is 0 Å². The van der Waals surface area contributed by atoms with E-state index in [0.717, 1.165) is 5.56 Å². The molecule has 2 aromatic heterocycles. The number of aromatic nitrogens is 4. The number of hydrogen-bond acceptors (Lipinski definition) is 5. The molecule has 0 radical (unpaired) electrons. The SMILES string of the molecule is O=C(NCc1ccc(F)cc1)c1cc(C(=O)S)n2ncnc2n1. The van der Waals surface area contributed by atoms with Crippen LogP contribution in [0, 0.1) is 5.82 Å². The van der Waals surface area contributed by atoms with Gasteiger partial charge in [0.1, 0.15) is 23.5 Å². The molecule has 116 valence electrons. The molecule has 1 aromatic carbocycles. The third-order valence-electron chi connectivity index (χ3n) is 3.07. The van der Waals surface area contributed by atoms with Crippen LogP contribution in [0.3, 0.4) is 0 Å². The summed E-state index contributed by atoms with van der Waals surface area (Å²) < 4.78 is 14.0. The molecule has 3 rings (SSSR count). The van der Waals surface area contributed by atoms with Gasteiger partial charge in [-0.25, -0.2) is 9.37 Å². The van der Waals surface area contributed by atoms with Crippen LogP contribution in [0.4, 0.5) is 4.39 Å². The van der Waals surface area contributed by atoms with E-state index < -0.39 is 11.0 Å². The molecule has 0 aliphatic heterocycles. The summed E-state index contributed by atoms with van der Waals surface area (Å²) in [4.78, 5) is 31.6. The van der Waals surface area contributed by atoms with Crippen molar-refractivity contribution in [2.75, 3.05) is 0 Å². The third-order valence-corrected chi connectivity index (χ3v) is 3.30. The molecule has 0 spiro atoms. The Labute approximate surface area is 135 Å². The molecule has 9 heteroatoms. The Kier molecular flexibility index (Phi) is 4.02. The van der Waals surface area contributed by atoms with Crippen LogP contribution < -0.4 is 5.32 Å². The molecule has 0 atom stereocenters. The number of nitrogens with zero attached hydrogens (tertiary/aromatic N) is 4. The number of amides is 1. The van der Waals surface area contributed by atoms with Crippen molar-refractivity contribution in [3.8, 4) is 0 Å². The predicted molar refractivity (Wildman–Crippen MR) is 81.7 cm³/mol. The zero-order chi connectivity index (χ0) is 16.4. The normalized spacial score (nSPS) is 10.7. The molecule has 0 fully saturated rings. The fourth-order valence-electron chi connectivity index (χ4n) is 1.96. The van der Waals surface area contributed by atoms with Gasteiger partial charge in [-0.2, -0.15) is 14.6 Å². The van der Waals surface area contributed by atoms with Crippen molar-refractivity contribution in [2.24, 2.45) is 0 Å². The van der Waals surface area contributed by atoms with Crippen LogP contribution >= 0.6 is 12.6 Å². The minimum atomic E-state index is -0.560. The number of fused-ring (bicyclic) bond motifs is 1. The quantitative estimate of drug-likeness (QED) is 0.703. The van der Waals surface area contributed by atoms with Crippen LogP contribution in [-0.2, 0) is 6.54 Å². The van der Waals surface area contributed by atoms with Crippen molar-refractivity contribution < 1.29 is 14.0 Å². The van der Waals surface area contributed by atoms with Crippen LogP contribution in [0.2, 0.25) is 0 Å². The van der Waals surface area contributed by atoms with Gasteiger partial charge in [0.25, 0.3) is 11.7 Å². The van der Waals surface area contributed by atoms with E-state index in [-0.39, 0.29) is 29.5 Å². The van der Waals surface area contributed by atoms with Crippen molar-refractivity contribution in [3.63, 3.8) is 0 Å². The minimum absolute atomic E-state index is 0.0185. The van der Waals surface area contributed by atoms with Gasteiger partial charge in [0, 0.05) is 6.54 Å². The number of nitrogens with one attached hydrogen (secondary N) is 1. The molecule has 0 bridgehead atoms. The highest BCUT2D eigenvalue weighted by molar-refractivity contribution is 7.97. The van der Waals surface area contributed by atoms with E-state index in [1.54, 1.807) is 12.1 Å². The Balaban J connectivity index is 1.83. The van der Waals surface area contributed by atoms with Gasteiger partial charge in [-0.15, -0.1) is 0 Å². The lowest BCUT2D eigenvalue weighted by molar-refractivity contribution is 0.0946. The molecule has 0 aliphatic carbocycles.